The number of aromatic nitrogens is 2. The molecule has 0 aliphatic rings. The average Bonchev–Trinajstić information content (AvgIpc) is 2.70. The molecule has 5 nitrogen and oxygen atoms in total. The minimum Gasteiger partial charge on any atom is -0.497 e. The van der Waals surface area contributed by atoms with Crippen LogP contribution in [0.1, 0.15) is 51.9 Å². The lowest BCUT2D eigenvalue weighted by Gasteiger charge is -2.20. The van der Waals surface area contributed by atoms with E-state index in [9.17, 15) is 4.39 Å². The van der Waals surface area contributed by atoms with Crippen LogP contribution in [0.25, 0.3) is 11.3 Å². The maximum Gasteiger partial charge on any atom is 0.236 e. The van der Waals surface area contributed by atoms with E-state index in [4.69, 9.17) is 24.2 Å². The minimum absolute atomic E-state index is 0.0902. The molecule has 0 unspecified atom stereocenters. The Bertz CT molecular complexity index is 777. The van der Waals surface area contributed by atoms with Crippen LogP contribution in [0.2, 0.25) is 0 Å². The highest BCUT2D eigenvalue weighted by molar-refractivity contribution is 5.71. The number of halogens is 1. The molecule has 2 aromatic rings. The van der Waals surface area contributed by atoms with Crippen LogP contribution in [0.4, 0.5) is 4.39 Å². The van der Waals surface area contributed by atoms with Gasteiger partial charge < -0.3 is 14.2 Å². The van der Waals surface area contributed by atoms with Gasteiger partial charge in [0.2, 0.25) is 5.88 Å². The first-order valence-corrected chi connectivity index (χ1v) is 9.50. The van der Waals surface area contributed by atoms with E-state index in [0.717, 1.165) is 12.8 Å². The number of methoxy groups -OCH3 is 2. The molecule has 0 N–H and O–H groups in total. The Balaban J connectivity index is 2.64. The molecule has 148 valence electrons. The van der Waals surface area contributed by atoms with Crippen molar-refractivity contribution in [1.82, 2.24) is 9.97 Å². The van der Waals surface area contributed by atoms with Gasteiger partial charge in [0, 0.05) is 12.1 Å². The third-order valence-corrected chi connectivity index (χ3v) is 4.58. The molecule has 0 bridgehead atoms. The molecule has 6 heteroatoms. The fraction of sp³-hybridized carbons (Fsp3) is 0.524. The maximum atomic E-state index is 14.9. The third-order valence-electron chi connectivity index (χ3n) is 4.58. The van der Waals surface area contributed by atoms with Crippen LogP contribution in [0.3, 0.4) is 0 Å². The Morgan fingerprint density at radius 3 is 2.11 bits per heavy atom. The molecule has 0 saturated carbocycles. The summed E-state index contributed by atoms with van der Waals surface area (Å²) < 4.78 is 31.5. The summed E-state index contributed by atoms with van der Waals surface area (Å²) in [5.41, 5.74) is 2.18. The first-order chi connectivity index (χ1) is 13.0. The predicted octanol–water partition coefficient (Wildman–Crippen LogP) is 4.99. The van der Waals surface area contributed by atoms with Gasteiger partial charge in [0.1, 0.15) is 23.0 Å². The lowest BCUT2D eigenvalue weighted by atomic mass is 10.0. The molecule has 0 spiro atoms. The maximum absolute atomic E-state index is 14.9. The van der Waals surface area contributed by atoms with Gasteiger partial charge in [0.15, 0.2) is 0 Å². The first kappa shape index (κ1) is 20.9. The van der Waals surface area contributed by atoms with Gasteiger partial charge >= 0.3 is 0 Å². The van der Waals surface area contributed by atoms with Crippen LogP contribution in [-0.4, -0.2) is 30.3 Å². The summed E-state index contributed by atoms with van der Waals surface area (Å²) in [5, 5.41) is 0. The number of aryl methyl sites for hydroxylation is 2. The molecular weight excluding hydrogens is 347 g/mol. The zero-order valence-corrected chi connectivity index (χ0v) is 17.1. The van der Waals surface area contributed by atoms with E-state index in [1.807, 2.05) is 13.8 Å². The molecule has 0 amide bonds. The second kappa shape index (κ2) is 9.53. The topological polar surface area (TPSA) is 53.5 Å². The monoisotopic (exact) mass is 376 g/mol. The second-order valence-electron chi connectivity index (χ2n) is 6.22. The Hall–Kier alpha value is -2.37. The molecule has 27 heavy (non-hydrogen) atoms. The summed E-state index contributed by atoms with van der Waals surface area (Å²) in [6.07, 6.45) is 3.11. The molecule has 1 heterocycles. The molecule has 0 aliphatic heterocycles. The number of hydrogen-bond acceptors (Lipinski definition) is 5. The van der Waals surface area contributed by atoms with Crippen LogP contribution in [0.15, 0.2) is 12.1 Å². The van der Waals surface area contributed by atoms with Gasteiger partial charge in [-0.05, 0) is 25.7 Å². The average molecular weight is 376 g/mol. The van der Waals surface area contributed by atoms with Gasteiger partial charge in [-0.1, -0.05) is 27.7 Å². The zero-order chi connectivity index (χ0) is 20.0. The van der Waals surface area contributed by atoms with E-state index in [2.05, 4.69) is 13.8 Å². The molecule has 0 radical (unpaired) electrons. The summed E-state index contributed by atoms with van der Waals surface area (Å²) in [6, 6.07) is 2.99. The van der Waals surface area contributed by atoms with Crippen molar-refractivity contribution >= 4 is 0 Å². The predicted molar refractivity (Wildman–Crippen MR) is 104 cm³/mol. The normalized spacial score (nSPS) is 11.0. The number of rotatable bonds is 9. The van der Waals surface area contributed by atoms with Crippen LogP contribution >= 0.6 is 0 Å². The number of benzene rings is 1. The van der Waals surface area contributed by atoms with Crippen molar-refractivity contribution in [2.75, 3.05) is 14.2 Å². The summed E-state index contributed by atoms with van der Waals surface area (Å²) in [6.45, 7) is 8.12. The van der Waals surface area contributed by atoms with Crippen LogP contribution in [-0.2, 0) is 12.8 Å². The molecule has 1 aromatic carbocycles. The van der Waals surface area contributed by atoms with Crippen LogP contribution in [0.5, 0.6) is 17.4 Å². The SMILES string of the molecule is CCc1nc(-c2c(F)cc(OC)cc2OC)c(CC)nc1OC(CC)CC. The highest BCUT2D eigenvalue weighted by atomic mass is 19.1. The van der Waals surface area contributed by atoms with Crippen LogP contribution < -0.4 is 14.2 Å². The zero-order valence-electron chi connectivity index (χ0n) is 17.1. The number of nitrogens with zero attached hydrogens (tertiary/aromatic N) is 2. The molecule has 0 atom stereocenters. The quantitative estimate of drug-likeness (QED) is 0.617. The fourth-order valence-corrected chi connectivity index (χ4v) is 2.94. The Morgan fingerprint density at radius 1 is 0.926 bits per heavy atom. The van der Waals surface area contributed by atoms with E-state index < -0.39 is 5.82 Å². The van der Waals surface area contributed by atoms with Gasteiger partial charge in [0.25, 0.3) is 0 Å². The summed E-state index contributed by atoms with van der Waals surface area (Å²) in [5.74, 6) is 0.848. The third kappa shape index (κ3) is 4.49. The van der Waals surface area contributed by atoms with E-state index in [1.54, 1.807) is 6.07 Å². The van der Waals surface area contributed by atoms with Crippen molar-refractivity contribution in [3.63, 3.8) is 0 Å². The highest BCUT2D eigenvalue weighted by Gasteiger charge is 2.22. The Kier molecular flexibility index (Phi) is 7.39. The second-order valence-corrected chi connectivity index (χ2v) is 6.22. The summed E-state index contributed by atoms with van der Waals surface area (Å²) in [4.78, 5) is 9.43. The van der Waals surface area contributed by atoms with Crippen molar-refractivity contribution < 1.29 is 18.6 Å². The lowest BCUT2D eigenvalue weighted by molar-refractivity contribution is 0.181. The van der Waals surface area contributed by atoms with E-state index >= 15 is 0 Å². The Labute approximate surface area is 160 Å². The Morgan fingerprint density at radius 2 is 1.59 bits per heavy atom. The van der Waals surface area contributed by atoms with Crippen molar-refractivity contribution in [3.8, 4) is 28.6 Å². The fourth-order valence-electron chi connectivity index (χ4n) is 2.94. The van der Waals surface area contributed by atoms with Crippen LogP contribution in [0, 0.1) is 5.82 Å². The summed E-state index contributed by atoms with van der Waals surface area (Å²) in [7, 11) is 2.99. The molecular formula is C21H29FN2O3. The molecule has 0 aliphatic carbocycles. The van der Waals surface area contributed by atoms with Crippen molar-refractivity contribution in [3.05, 3.63) is 29.3 Å². The standard InChI is InChI=1S/C21H29FN2O3/c1-7-13(8-2)27-21-17(10-4)23-20(16(9-3)24-21)19-15(22)11-14(25-5)12-18(19)26-6/h11-13H,7-10H2,1-6H3. The lowest BCUT2D eigenvalue weighted by Crippen LogP contribution is -2.17. The van der Waals surface area contributed by atoms with Crippen molar-refractivity contribution in [1.29, 1.82) is 0 Å². The first-order valence-electron chi connectivity index (χ1n) is 9.50. The largest absolute Gasteiger partial charge is 0.497 e. The van der Waals surface area contributed by atoms with Gasteiger partial charge in [-0.25, -0.2) is 14.4 Å². The number of ether oxygens (including phenoxy) is 3. The summed E-state index contributed by atoms with van der Waals surface area (Å²) >= 11 is 0. The van der Waals surface area contributed by atoms with Gasteiger partial charge in [-0.3, -0.25) is 0 Å². The smallest absolute Gasteiger partial charge is 0.236 e. The highest BCUT2D eigenvalue weighted by Crippen LogP contribution is 2.38. The van der Waals surface area contributed by atoms with E-state index in [-0.39, 0.29) is 6.10 Å². The van der Waals surface area contributed by atoms with Gasteiger partial charge in [-0.2, -0.15) is 0 Å². The number of hydrogen-bond donors (Lipinski definition) is 0. The molecule has 2 rings (SSSR count). The molecule has 0 saturated heterocycles. The van der Waals surface area contributed by atoms with Gasteiger partial charge in [-0.15, -0.1) is 0 Å². The van der Waals surface area contributed by atoms with Crippen molar-refractivity contribution in [2.45, 2.75) is 59.5 Å². The van der Waals surface area contributed by atoms with Gasteiger partial charge in [0.05, 0.1) is 37.3 Å². The van der Waals surface area contributed by atoms with E-state index in [0.29, 0.717) is 52.9 Å². The minimum atomic E-state index is -0.453. The van der Waals surface area contributed by atoms with Crippen molar-refractivity contribution in [2.24, 2.45) is 0 Å². The van der Waals surface area contributed by atoms with E-state index in [1.165, 1.54) is 20.3 Å². The molecule has 0 fully saturated rings. The molecule has 1 aromatic heterocycles.